The van der Waals surface area contributed by atoms with Gasteiger partial charge in [0.05, 0.1) is 18.7 Å². The molecule has 2 N–H and O–H groups in total. The van der Waals surface area contributed by atoms with Gasteiger partial charge in [-0.05, 0) is 18.6 Å². The molecular formula is C17H21N3O5. The summed E-state index contributed by atoms with van der Waals surface area (Å²) in [4.78, 5) is 38.7. The van der Waals surface area contributed by atoms with Gasteiger partial charge in [-0.1, -0.05) is 18.2 Å². The molecule has 25 heavy (non-hydrogen) atoms. The van der Waals surface area contributed by atoms with Crippen molar-refractivity contribution in [2.75, 3.05) is 32.8 Å². The molecule has 0 unspecified atom stereocenters. The number of carbonyl (C=O) groups is 3. The van der Waals surface area contributed by atoms with Gasteiger partial charge in [-0.2, -0.15) is 0 Å². The van der Waals surface area contributed by atoms with Crippen LogP contribution in [-0.4, -0.2) is 77.7 Å². The standard InChI is InChI=1S/C17H21N3O5/c21-14-10-19(16(23)12-4-2-1-3-5-12)7-6-13(14)18-15(22)11-20-8-9-25-17(20)24/h1-5,13-14,21H,6-11H2,(H,18,22)/t13-,14-/m1/s1. The summed E-state index contributed by atoms with van der Waals surface area (Å²) in [6.07, 6.45) is -0.898. The first-order valence-electron chi connectivity index (χ1n) is 8.28. The molecule has 1 aromatic carbocycles. The third kappa shape index (κ3) is 4.08. The van der Waals surface area contributed by atoms with Gasteiger partial charge in [0.1, 0.15) is 13.2 Å². The summed E-state index contributed by atoms with van der Waals surface area (Å²) in [5.74, 6) is -0.477. The smallest absolute Gasteiger partial charge is 0.410 e. The Morgan fingerprint density at radius 3 is 2.64 bits per heavy atom. The Labute approximate surface area is 145 Å². The zero-order valence-electron chi connectivity index (χ0n) is 13.8. The SMILES string of the molecule is O=C(CN1CCOC1=O)N[C@@H]1CCN(C(=O)c2ccccc2)C[C@H]1O. The number of aliphatic hydroxyl groups excluding tert-OH is 1. The van der Waals surface area contributed by atoms with Crippen molar-refractivity contribution in [2.45, 2.75) is 18.6 Å². The number of carbonyl (C=O) groups excluding carboxylic acids is 3. The lowest BCUT2D eigenvalue weighted by molar-refractivity contribution is -0.123. The number of hydrogen-bond acceptors (Lipinski definition) is 5. The highest BCUT2D eigenvalue weighted by Gasteiger charge is 2.32. The lowest BCUT2D eigenvalue weighted by Gasteiger charge is -2.36. The second kappa shape index (κ2) is 7.52. The lowest BCUT2D eigenvalue weighted by atomic mass is 10.0. The third-order valence-corrected chi connectivity index (χ3v) is 4.42. The summed E-state index contributed by atoms with van der Waals surface area (Å²) in [6, 6.07) is 8.45. The van der Waals surface area contributed by atoms with E-state index in [0.717, 1.165) is 0 Å². The van der Waals surface area contributed by atoms with Gasteiger partial charge in [0, 0.05) is 18.7 Å². The van der Waals surface area contributed by atoms with E-state index in [1.54, 1.807) is 29.2 Å². The molecule has 2 fully saturated rings. The molecule has 2 atom stereocenters. The zero-order chi connectivity index (χ0) is 17.8. The summed E-state index contributed by atoms with van der Waals surface area (Å²) < 4.78 is 4.77. The number of nitrogens with one attached hydrogen (secondary N) is 1. The van der Waals surface area contributed by atoms with E-state index >= 15 is 0 Å². The molecule has 0 radical (unpaired) electrons. The minimum absolute atomic E-state index is 0.0886. The van der Waals surface area contributed by atoms with Crippen LogP contribution in [0.4, 0.5) is 4.79 Å². The molecule has 2 aliphatic heterocycles. The van der Waals surface area contributed by atoms with Gasteiger partial charge in [0.2, 0.25) is 5.91 Å². The number of ether oxygens (including phenoxy) is 1. The topological polar surface area (TPSA) is 99.2 Å². The highest BCUT2D eigenvalue weighted by atomic mass is 16.6. The van der Waals surface area contributed by atoms with Crippen molar-refractivity contribution in [1.82, 2.24) is 15.1 Å². The molecule has 0 bridgehead atoms. The Morgan fingerprint density at radius 2 is 2.00 bits per heavy atom. The number of aliphatic hydroxyl groups is 1. The minimum Gasteiger partial charge on any atom is -0.448 e. The van der Waals surface area contributed by atoms with E-state index in [4.69, 9.17) is 4.74 Å². The largest absolute Gasteiger partial charge is 0.448 e. The predicted molar refractivity (Wildman–Crippen MR) is 87.8 cm³/mol. The van der Waals surface area contributed by atoms with Crippen LogP contribution >= 0.6 is 0 Å². The summed E-state index contributed by atoms with van der Waals surface area (Å²) in [5.41, 5.74) is 0.574. The Balaban J connectivity index is 1.51. The molecule has 2 saturated heterocycles. The molecule has 0 aliphatic carbocycles. The molecule has 0 aromatic heterocycles. The van der Waals surface area contributed by atoms with E-state index in [-0.39, 0.29) is 31.5 Å². The Bertz CT molecular complexity index is 651. The minimum atomic E-state index is -0.851. The molecular weight excluding hydrogens is 326 g/mol. The molecule has 3 amide bonds. The van der Waals surface area contributed by atoms with Crippen LogP contribution in [0.1, 0.15) is 16.8 Å². The van der Waals surface area contributed by atoms with Crippen molar-refractivity contribution in [3.05, 3.63) is 35.9 Å². The monoisotopic (exact) mass is 347 g/mol. The number of likely N-dealkylation sites (tertiary alicyclic amines) is 1. The van der Waals surface area contributed by atoms with Crippen LogP contribution in [0, 0.1) is 0 Å². The van der Waals surface area contributed by atoms with E-state index in [2.05, 4.69) is 5.32 Å². The fraction of sp³-hybridized carbons (Fsp3) is 0.471. The van der Waals surface area contributed by atoms with E-state index in [1.807, 2.05) is 6.07 Å². The fourth-order valence-electron chi connectivity index (χ4n) is 3.04. The second-order valence-electron chi connectivity index (χ2n) is 6.18. The highest BCUT2D eigenvalue weighted by Crippen LogP contribution is 2.15. The first-order valence-corrected chi connectivity index (χ1v) is 8.28. The number of hydrogen-bond donors (Lipinski definition) is 2. The first-order chi connectivity index (χ1) is 12.0. The van der Waals surface area contributed by atoms with Gasteiger partial charge in [-0.25, -0.2) is 4.79 Å². The predicted octanol–water partition coefficient (Wildman–Crippen LogP) is -0.170. The van der Waals surface area contributed by atoms with Crippen molar-refractivity contribution in [1.29, 1.82) is 0 Å². The lowest BCUT2D eigenvalue weighted by Crippen LogP contribution is -2.56. The van der Waals surface area contributed by atoms with Gasteiger partial charge in [0.15, 0.2) is 0 Å². The quantitative estimate of drug-likeness (QED) is 0.788. The maximum Gasteiger partial charge on any atom is 0.410 e. The van der Waals surface area contributed by atoms with Crippen LogP contribution in [0.2, 0.25) is 0 Å². The number of amides is 3. The molecule has 1 aromatic rings. The van der Waals surface area contributed by atoms with Crippen LogP contribution in [-0.2, 0) is 9.53 Å². The van der Waals surface area contributed by atoms with Gasteiger partial charge >= 0.3 is 6.09 Å². The van der Waals surface area contributed by atoms with Crippen LogP contribution in [0.3, 0.4) is 0 Å². The van der Waals surface area contributed by atoms with Gasteiger partial charge in [0.25, 0.3) is 5.91 Å². The zero-order valence-corrected chi connectivity index (χ0v) is 13.8. The van der Waals surface area contributed by atoms with Crippen molar-refractivity contribution in [2.24, 2.45) is 0 Å². The summed E-state index contributed by atoms with van der Waals surface area (Å²) in [5, 5.41) is 13.0. The molecule has 2 aliphatic rings. The third-order valence-electron chi connectivity index (χ3n) is 4.42. The normalized spacial score (nSPS) is 23.3. The molecule has 8 heteroatoms. The van der Waals surface area contributed by atoms with E-state index < -0.39 is 18.2 Å². The summed E-state index contributed by atoms with van der Waals surface area (Å²) in [6.45, 7) is 1.19. The van der Waals surface area contributed by atoms with E-state index in [9.17, 15) is 19.5 Å². The van der Waals surface area contributed by atoms with E-state index in [1.165, 1.54) is 4.90 Å². The number of piperidine rings is 1. The fourth-order valence-corrected chi connectivity index (χ4v) is 3.04. The molecule has 3 rings (SSSR count). The molecule has 0 spiro atoms. The Morgan fingerprint density at radius 1 is 1.24 bits per heavy atom. The summed E-state index contributed by atoms with van der Waals surface area (Å²) in [7, 11) is 0. The first kappa shape index (κ1) is 17.2. The Hall–Kier alpha value is -2.61. The summed E-state index contributed by atoms with van der Waals surface area (Å²) >= 11 is 0. The Kier molecular flexibility index (Phi) is 5.18. The average molecular weight is 347 g/mol. The number of benzene rings is 1. The highest BCUT2D eigenvalue weighted by molar-refractivity contribution is 5.94. The molecule has 0 saturated carbocycles. The maximum atomic E-state index is 12.4. The van der Waals surface area contributed by atoms with Crippen molar-refractivity contribution < 1.29 is 24.2 Å². The number of β-amino-alcohol motifs (C(OH)–C–C–N with tert-alkyl or cyclic N) is 1. The second-order valence-corrected chi connectivity index (χ2v) is 6.18. The molecule has 134 valence electrons. The number of rotatable bonds is 4. The molecule has 8 nitrogen and oxygen atoms in total. The number of cyclic esters (lactones) is 1. The average Bonchev–Trinajstić information content (AvgIpc) is 3.01. The van der Waals surface area contributed by atoms with E-state index in [0.29, 0.717) is 25.1 Å². The van der Waals surface area contributed by atoms with Crippen LogP contribution in [0.25, 0.3) is 0 Å². The van der Waals surface area contributed by atoms with Crippen LogP contribution in [0.5, 0.6) is 0 Å². The van der Waals surface area contributed by atoms with Crippen molar-refractivity contribution in [3.8, 4) is 0 Å². The maximum absolute atomic E-state index is 12.4. The number of nitrogens with zero attached hydrogens (tertiary/aromatic N) is 2. The molecule has 2 heterocycles. The van der Waals surface area contributed by atoms with Gasteiger partial charge in [-0.3, -0.25) is 14.5 Å². The van der Waals surface area contributed by atoms with Crippen molar-refractivity contribution >= 4 is 17.9 Å². The van der Waals surface area contributed by atoms with Crippen LogP contribution < -0.4 is 5.32 Å². The van der Waals surface area contributed by atoms with Crippen LogP contribution in [0.15, 0.2) is 30.3 Å². The van der Waals surface area contributed by atoms with Gasteiger partial charge in [-0.15, -0.1) is 0 Å². The van der Waals surface area contributed by atoms with Crippen molar-refractivity contribution in [3.63, 3.8) is 0 Å². The van der Waals surface area contributed by atoms with Gasteiger partial charge < -0.3 is 20.1 Å².